The smallest absolute Gasteiger partial charge is 0.496 e. The number of ether oxygens (including phenoxy) is 2. The quantitative estimate of drug-likeness (QED) is 0.820. The highest BCUT2D eigenvalue weighted by molar-refractivity contribution is 5.48. The zero-order chi connectivity index (χ0) is 12.3. The number of anilines is 1. The Morgan fingerprint density at radius 1 is 1.44 bits per heavy atom. The van der Waals surface area contributed by atoms with E-state index < -0.39 is 12.2 Å². The summed E-state index contributed by atoms with van der Waals surface area (Å²) in [5.74, 6) is -0.727. The highest BCUT2D eigenvalue weighted by Gasteiger charge is 2.33. The van der Waals surface area contributed by atoms with Gasteiger partial charge in [-0.1, -0.05) is 0 Å². The average Bonchev–Trinajstić information content (AvgIpc) is 2.14. The molecule has 8 heteroatoms. The fraction of sp³-hybridized carbons (Fsp3) is 0.375. The van der Waals surface area contributed by atoms with E-state index in [1.807, 2.05) is 0 Å². The summed E-state index contributed by atoms with van der Waals surface area (Å²) in [5.41, 5.74) is 10.6. The van der Waals surface area contributed by atoms with E-state index in [0.717, 1.165) is 0 Å². The summed E-state index contributed by atoms with van der Waals surface area (Å²) in [5, 5.41) is 0. The highest BCUT2D eigenvalue weighted by atomic mass is 19.4. The zero-order valence-electron chi connectivity index (χ0n) is 8.34. The van der Waals surface area contributed by atoms with Gasteiger partial charge in [-0.25, -0.2) is 0 Å². The van der Waals surface area contributed by atoms with Crippen molar-refractivity contribution in [2.75, 3.05) is 12.8 Å². The second kappa shape index (κ2) is 4.44. The van der Waals surface area contributed by atoms with Crippen molar-refractivity contribution in [3.05, 3.63) is 11.6 Å². The largest absolute Gasteiger partial charge is 0.574 e. The van der Waals surface area contributed by atoms with Crippen LogP contribution in [-0.2, 0) is 6.54 Å². The number of nitrogens with zero attached hydrogens (tertiary/aromatic N) is 1. The molecule has 0 aliphatic heterocycles. The fourth-order valence-corrected chi connectivity index (χ4v) is 1.11. The predicted molar refractivity (Wildman–Crippen MR) is 49.8 cm³/mol. The maximum Gasteiger partial charge on any atom is 0.574 e. The molecular weight excluding hydrogens is 227 g/mol. The molecule has 0 aromatic carbocycles. The maximum absolute atomic E-state index is 12.0. The molecule has 0 saturated heterocycles. The van der Waals surface area contributed by atoms with E-state index in [9.17, 15) is 13.2 Å². The third-order valence-corrected chi connectivity index (χ3v) is 1.70. The number of hydrogen-bond donors (Lipinski definition) is 2. The number of alkyl halides is 3. The van der Waals surface area contributed by atoms with Gasteiger partial charge >= 0.3 is 6.36 Å². The normalized spacial score (nSPS) is 11.3. The summed E-state index contributed by atoms with van der Waals surface area (Å²) in [6, 6.07) is 1.27. The molecule has 0 amide bonds. The summed E-state index contributed by atoms with van der Waals surface area (Å²) in [6.07, 6.45) is -4.85. The van der Waals surface area contributed by atoms with E-state index in [1.54, 1.807) is 0 Å². The van der Waals surface area contributed by atoms with Crippen molar-refractivity contribution in [3.8, 4) is 11.6 Å². The van der Waals surface area contributed by atoms with Gasteiger partial charge in [0.2, 0.25) is 5.88 Å². The van der Waals surface area contributed by atoms with Gasteiger partial charge in [0.1, 0.15) is 11.6 Å². The summed E-state index contributed by atoms with van der Waals surface area (Å²) < 4.78 is 44.6. The minimum Gasteiger partial charge on any atom is -0.496 e. The van der Waals surface area contributed by atoms with Crippen LogP contribution in [0, 0.1) is 0 Å². The van der Waals surface area contributed by atoms with Crippen molar-refractivity contribution in [3.63, 3.8) is 0 Å². The van der Waals surface area contributed by atoms with Gasteiger partial charge in [-0.15, -0.1) is 13.2 Å². The Morgan fingerprint density at radius 3 is 2.50 bits per heavy atom. The van der Waals surface area contributed by atoms with E-state index >= 15 is 0 Å². The summed E-state index contributed by atoms with van der Waals surface area (Å²) in [7, 11) is 1.28. The number of hydrogen-bond acceptors (Lipinski definition) is 5. The van der Waals surface area contributed by atoms with Gasteiger partial charge in [-0.05, 0) is 0 Å². The molecule has 0 spiro atoms. The van der Waals surface area contributed by atoms with Crippen LogP contribution >= 0.6 is 0 Å². The Hall–Kier alpha value is -1.70. The zero-order valence-corrected chi connectivity index (χ0v) is 8.34. The monoisotopic (exact) mass is 237 g/mol. The van der Waals surface area contributed by atoms with Crippen LogP contribution in [0.15, 0.2) is 6.07 Å². The molecule has 5 nitrogen and oxygen atoms in total. The third-order valence-electron chi connectivity index (χ3n) is 1.70. The molecule has 16 heavy (non-hydrogen) atoms. The Kier molecular flexibility index (Phi) is 3.43. The van der Waals surface area contributed by atoms with Gasteiger partial charge in [0, 0.05) is 12.6 Å². The molecule has 4 N–H and O–H groups in total. The first-order valence-electron chi connectivity index (χ1n) is 4.16. The minimum absolute atomic E-state index is 0.00836. The lowest BCUT2D eigenvalue weighted by Crippen LogP contribution is -2.20. The molecule has 1 aromatic rings. The number of nitrogen functional groups attached to an aromatic ring is 1. The lowest BCUT2D eigenvalue weighted by molar-refractivity contribution is -0.276. The lowest BCUT2D eigenvalue weighted by atomic mass is 10.2. The SMILES string of the molecule is COc1cc(N)nc(OC(F)(F)F)c1CN. The summed E-state index contributed by atoms with van der Waals surface area (Å²) in [4.78, 5) is 3.41. The molecular formula is C8H10F3N3O2. The van der Waals surface area contributed by atoms with Crippen molar-refractivity contribution in [1.29, 1.82) is 0 Å². The molecule has 1 aromatic heterocycles. The summed E-state index contributed by atoms with van der Waals surface area (Å²) in [6.45, 7) is -0.206. The van der Waals surface area contributed by atoms with E-state index in [2.05, 4.69) is 9.72 Å². The van der Waals surface area contributed by atoms with E-state index in [0.29, 0.717) is 0 Å². The van der Waals surface area contributed by atoms with Crippen molar-refractivity contribution < 1.29 is 22.6 Å². The Balaban J connectivity index is 3.20. The third kappa shape index (κ3) is 2.89. The number of pyridine rings is 1. The van der Waals surface area contributed by atoms with Crippen LogP contribution in [0.2, 0.25) is 0 Å². The van der Waals surface area contributed by atoms with Gasteiger partial charge < -0.3 is 20.9 Å². The van der Waals surface area contributed by atoms with E-state index in [4.69, 9.17) is 16.2 Å². The highest BCUT2D eigenvalue weighted by Crippen LogP contribution is 2.31. The Morgan fingerprint density at radius 2 is 2.06 bits per heavy atom. The molecule has 90 valence electrons. The first kappa shape index (κ1) is 12.4. The second-order valence-corrected chi connectivity index (χ2v) is 2.79. The molecule has 1 heterocycles. The molecule has 0 aliphatic carbocycles. The number of nitrogens with two attached hydrogens (primary N) is 2. The second-order valence-electron chi connectivity index (χ2n) is 2.79. The molecule has 0 radical (unpaired) electrons. The van der Waals surface area contributed by atoms with Gasteiger partial charge in [0.05, 0.1) is 12.7 Å². The van der Waals surface area contributed by atoms with Gasteiger partial charge in [-0.2, -0.15) is 4.98 Å². The number of methoxy groups -OCH3 is 1. The fourth-order valence-electron chi connectivity index (χ4n) is 1.11. The topological polar surface area (TPSA) is 83.4 Å². The van der Waals surface area contributed by atoms with Crippen molar-refractivity contribution >= 4 is 5.82 Å². The average molecular weight is 237 g/mol. The van der Waals surface area contributed by atoms with Crippen LogP contribution in [0.25, 0.3) is 0 Å². The Labute approximate surface area is 89.1 Å². The standard InChI is InChI=1S/C8H10F3N3O2/c1-15-5-2-6(13)14-7(4(5)3-12)16-8(9,10)11/h2H,3,12H2,1H3,(H2,13,14). The number of aromatic nitrogens is 1. The van der Waals surface area contributed by atoms with Crippen LogP contribution in [0.1, 0.15) is 5.56 Å². The molecule has 1 rings (SSSR count). The molecule has 0 bridgehead atoms. The van der Waals surface area contributed by atoms with E-state index in [1.165, 1.54) is 13.2 Å². The molecule has 0 aliphatic rings. The maximum atomic E-state index is 12.0. The predicted octanol–water partition coefficient (Wildman–Crippen LogP) is 1.03. The van der Waals surface area contributed by atoms with Crippen LogP contribution in [-0.4, -0.2) is 18.5 Å². The number of rotatable bonds is 3. The first-order valence-corrected chi connectivity index (χ1v) is 4.16. The Bertz CT molecular complexity index is 382. The van der Waals surface area contributed by atoms with Crippen LogP contribution in [0.4, 0.5) is 19.0 Å². The van der Waals surface area contributed by atoms with Gasteiger partial charge in [0.15, 0.2) is 0 Å². The van der Waals surface area contributed by atoms with E-state index in [-0.39, 0.29) is 23.7 Å². The summed E-state index contributed by atoms with van der Waals surface area (Å²) >= 11 is 0. The minimum atomic E-state index is -4.85. The van der Waals surface area contributed by atoms with Crippen molar-refractivity contribution in [2.45, 2.75) is 12.9 Å². The molecule has 0 fully saturated rings. The van der Waals surface area contributed by atoms with Crippen LogP contribution < -0.4 is 20.9 Å². The first-order chi connectivity index (χ1) is 7.37. The number of halogens is 3. The van der Waals surface area contributed by atoms with Gasteiger partial charge in [-0.3, -0.25) is 0 Å². The molecule has 0 saturated carbocycles. The van der Waals surface area contributed by atoms with Crippen LogP contribution in [0.3, 0.4) is 0 Å². The molecule has 0 atom stereocenters. The van der Waals surface area contributed by atoms with Crippen molar-refractivity contribution in [1.82, 2.24) is 4.98 Å². The van der Waals surface area contributed by atoms with Crippen LogP contribution in [0.5, 0.6) is 11.6 Å². The van der Waals surface area contributed by atoms with Gasteiger partial charge in [0.25, 0.3) is 0 Å². The lowest BCUT2D eigenvalue weighted by Gasteiger charge is -2.14. The molecule has 0 unspecified atom stereocenters. The van der Waals surface area contributed by atoms with Crippen molar-refractivity contribution in [2.24, 2.45) is 5.73 Å².